The lowest BCUT2D eigenvalue weighted by molar-refractivity contribution is -0.232. The second-order valence-electron chi connectivity index (χ2n) is 9.65. The molecule has 0 aliphatic carbocycles. The molecule has 0 saturated carbocycles. The van der Waals surface area contributed by atoms with Gasteiger partial charge in [0.1, 0.15) is 11.3 Å². The molecule has 0 saturated heterocycles. The van der Waals surface area contributed by atoms with Crippen LogP contribution in [0, 0.1) is 46.8 Å². The van der Waals surface area contributed by atoms with Crippen molar-refractivity contribution in [3.05, 3.63) is 0 Å². The van der Waals surface area contributed by atoms with Gasteiger partial charge in [0.2, 0.25) is 0 Å². The van der Waals surface area contributed by atoms with Gasteiger partial charge < -0.3 is 20.4 Å². The van der Waals surface area contributed by atoms with E-state index < -0.39 is 52.6 Å². The van der Waals surface area contributed by atoms with Crippen LogP contribution in [0.4, 0.5) is 0 Å². The van der Waals surface area contributed by atoms with Gasteiger partial charge in [0.15, 0.2) is 5.60 Å². The molecule has 0 spiro atoms. The summed E-state index contributed by atoms with van der Waals surface area (Å²) in [5, 5.41) is 43.1. The average molecular weight is 445 g/mol. The van der Waals surface area contributed by atoms with Crippen molar-refractivity contribution < 1.29 is 34.8 Å². The molecule has 0 heterocycles. The highest BCUT2D eigenvalue weighted by Crippen LogP contribution is 2.56. The van der Waals surface area contributed by atoms with Crippen LogP contribution in [0.25, 0.3) is 0 Å². The summed E-state index contributed by atoms with van der Waals surface area (Å²) in [7, 11) is 0. The van der Waals surface area contributed by atoms with Crippen molar-refractivity contribution in [2.24, 2.45) is 46.8 Å². The molecule has 8 unspecified atom stereocenters. The van der Waals surface area contributed by atoms with E-state index in [9.17, 15) is 34.8 Å². The zero-order chi connectivity index (χ0) is 24.9. The maximum Gasteiger partial charge on any atom is 0.337 e. The van der Waals surface area contributed by atoms with Gasteiger partial charge in [0.25, 0.3) is 0 Å². The van der Waals surface area contributed by atoms with Crippen LogP contribution in [0.1, 0.15) is 81.6 Å². The first-order valence-corrected chi connectivity index (χ1v) is 11.6. The third kappa shape index (κ3) is 4.91. The molecule has 0 aromatic heterocycles. The normalized spacial score (nSPS) is 22.6. The van der Waals surface area contributed by atoms with Crippen molar-refractivity contribution >= 4 is 17.9 Å². The standard InChI is InChI=1S/C24H44O7/c1-10-13(4)16(7)19(20(25)26)24(31,22(29)30)23(21(27)28,17(8)14(5)11-2)18(9)15(6)12-3/h13-19,31H,10-12H2,1-9H3,(H,25,26)(H,27,28)(H,29,30). The third-order valence-corrected chi connectivity index (χ3v) is 8.53. The maximum atomic E-state index is 13.1. The molecule has 0 radical (unpaired) electrons. The fourth-order valence-corrected chi connectivity index (χ4v) is 5.32. The van der Waals surface area contributed by atoms with E-state index in [0.29, 0.717) is 19.3 Å². The van der Waals surface area contributed by atoms with Crippen LogP contribution in [0.5, 0.6) is 0 Å². The Morgan fingerprint density at radius 3 is 1.26 bits per heavy atom. The molecule has 0 amide bonds. The first-order valence-electron chi connectivity index (χ1n) is 11.6. The molecule has 0 aromatic carbocycles. The molecular weight excluding hydrogens is 400 g/mol. The summed E-state index contributed by atoms with van der Waals surface area (Å²) in [6.45, 7) is 15.9. The fourth-order valence-electron chi connectivity index (χ4n) is 5.32. The summed E-state index contributed by atoms with van der Waals surface area (Å²) >= 11 is 0. The zero-order valence-electron chi connectivity index (χ0n) is 20.7. The number of hydrogen-bond acceptors (Lipinski definition) is 4. The van der Waals surface area contributed by atoms with Crippen LogP contribution >= 0.6 is 0 Å². The Kier molecular flexibility index (Phi) is 10.7. The largest absolute Gasteiger partial charge is 0.481 e. The quantitative estimate of drug-likeness (QED) is 0.307. The SMILES string of the molecule is CCC(C)C(C)C(C(=O)O)C(O)(C(=O)O)C(C(=O)O)(C(C)C(C)CC)C(C)C(C)CC. The lowest BCUT2D eigenvalue weighted by Crippen LogP contribution is -2.71. The molecule has 182 valence electrons. The minimum atomic E-state index is -3.00. The number of aliphatic carboxylic acids is 3. The predicted octanol–water partition coefficient (Wildman–Crippen LogP) is 4.62. The second-order valence-corrected chi connectivity index (χ2v) is 9.65. The van der Waals surface area contributed by atoms with Crippen molar-refractivity contribution in [3.8, 4) is 0 Å². The van der Waals surface area contributed by atoms with Crippen LogP contribution in [-0.4, -0.2) is 43.9 Å². The van der Waals surface area contributed by atoms with Crippen LogP contribution < -0.4 is 0 Å². The minimum absolute atomic E-state index is 0.226. The van der Waals surface area contributed by atoms with Crippen LogP contribution in [-0.2, 0) is 14.4 Å². The van der Waals surface area contributed by atoms with E-state index in [1.54, 1.807) is 27.7 Å². The van der Waals surface area contributed by atoms with E-state index in [0.717, 1.165) is 0 Å². The Hall–Kier alpha value is -1.63. The highest BCUT2D eigenvalue weighted by Gasteiger charge is 2.72. The minimum Gasteiger partial charge on any atom is -0.481 e. The van der Waals surface area contributed by atoms with Crippen molar-refractivity contribution in [2.45, 2.75) is 87.2 Å². The second kappa shape index (κ2) is 11.3. The Morgan fingerprint density at radius 2 is 1.03 bits per heavy atom. The summed E-state index contributed by atoms with van der Waals surface area (Å²) in [6, 6.07) is 0. The predicted molar refractivity (Wildman–Crippen MR) is 120 cm³/mol. The van der Waals surface area contributed by atoms with E-state index in [4.69, 9.17) is 0 Å². The molecule has 0 fully saturated rings. The van der Waals surface area contributed by atoms with Gasteiger partial charge in [-0.2, -0.15) is 0 Å². The first kappa shape index (κ1) is 29.4. The third-order valence-electron chi connectivity index (χ3n) is 8.53. The summed E-state index contributed by atoms with van der Waals surface area (Å²) in [4.78, 5) is 38.3. The van der Waals surface area contributed by atoms with Crippen molar-refractivity contribution in [2.75, 3.05) is 0 Å². The summed E-state index contributed by atoms with van der Waals surface area (Å²) in [6.07, 6.45) is 1.71. The number of carboxylic acid groups (broad SMARTS) is 3. The molecule has 7 heteroatoms. The molecule has 0 aliphatic heterocycles. The molecular formula is C24H44O7. The van der Waals surface area contributed by atoms with E-state index in [1.807, 2.05) is 34.6 Å². The van der Waals surface area contributed by atoms with Crippen LogP contribution in [0.2, 0.25) is 0 Å². The van der Waals surface area contributed by atoms with E-state index >= 15 is 0 Å². The first-order chi connectivity index (χ1) is 14.1. The maximum absolute atomic E-state index is 13.1. The average Bonchev–Trinajstić information content (AvgIpc) is 2.70. The van der Waals surface area contributed by atoms with Gasteiger partial charge in [-0.1, -0.05) is 81.6 Å². The number of aliphatic hydroxyl groups is 1. The highest BCUT2D eigenvalue weighted by atomic mass is 16.4. The van der Waals surface area contributed by atoms with Gasteiger partial charge in [0.05, 0.1) is 0 Å². The Balaban J connectivity index is 7.55. The molecule has 0 rings (SSSR count). The topological polar surface area (TPSA) is 132 Å². The van der Waals surface area contributed by atoms with E-state index in [1.165, 1.54) is 0 Å². The summed E-state index contributed by atoms with van der Waals surface area (Å²) < 4.78 is 0. The Morgan fingerprint density at radius 1 is 0.677 bits per heavy atom. The summed E-state index contributed by atoms with van der Waals surface area (Å²) in [5.41, 5.74) is -5.20. The lowest BCUT2D eigenvalue weighted by atomic mass is 9.48. The van der Waals surface area contributed by atoms with Crippen LogP contribution in [0.15, 0.2) is 0 Å². The van der Waals surface area contributed by atoms with Gasteiger partial charge in [-0.05, 0) is 35.5 Å². The monoisotopic (exact) mass is 444 g/mol. The van der Waals surface area contributed by atoms with Gasteiger partial charge in [0, 0.05) is 0 Å². The number of rotatable bonds is 14. The lowest BCUT2D eigenvalue weighted by Gasteiger charge is -2.54. The fraction of sp³-hybridized carbons (Fsp3) is 0.875. The Bertz CT molecular complexity index is 615. The van der Waals surface area contributed by atoms with Gasteiger partial charge in [-0.3, -0.25) is 9.59 Å². The molecule has 8 atom stereocenters. The number of carboxylic acids is 3. The van der Waals surface area contributed by atoms with Crippen molar-refractivity contribution in [1.29, 1.82) is 0 Å². The molecule has 4 N–H and O–H groups in total. The smallest absolute Gasteiger partial charge is 0.337 e. The molecule has 31 heavy (non-hydrogen) atoms. The van der Waals surface area contributed by atoms with E-state index in [-0.39, 0.29) is 17.8 Å². The summed E-state index contributed by atoms with van der Waals surface area (Å²) in [5.74, 6) is -9.57. The molecule has 0 bridgehead atoms. The molecule has 0 aliphatic rings. The van der Waals surface area contributed by atoms with Gasteiger partial charge >= 0.3 is 17.9 Å². The van der Waals surface area contributed by atoms with Gasteiger partial charge in [-0.15, -0.1) is 0 Å². The Labute approximate surface area is 187 Å². The number of carbonyl (C=O) groups is 3. The van der Waals surface area contributed by atoms with Gasteiger partial charge in [-0.25, -0.2) is 4.79 Å². The molecule has 7 nitrogen and oxygen atoms in total. The van der Waals surface area contributed by atoms with E-state index in [2.05, 4.69) is 0 Å². The number of hydrogen-bond donors (Lipinski definition) is 4. The van der Waals surface area contributed by atoms with Crippen LogP contribution in [0.3, 0.4) is 0 Å². The zero-order valence-corrected chi connectivity index (χ0v) is 20.7. The van der Waals surface area contributed by atoms with Crippen molar-refractivity contribution in [3.63, 3.8) is 0 Å². The molecule has 0 aromatic rings. The van der Waals surface area contributed by atoms with Crippen molar-refractivity contribution in [1.82, 2.24) is 0 Å². The highest BCUT2D eigenvalue weighted by molar-refractivity contribution is 5.94.